The lowest BCUT2D eigenvalue weighted by molar-refractivity contribution is 0.0810. The summed E-state index contributed by atoms with van der Waals surface area (Å²) in [6.07, 6.45) is 1.02. The number of rotatable bonds is 5. The summed E-state index contributed by atoms with van der Waals surface area (Å²) in [6, 6.07) is 14.6. The molecule has 1 aliphatic rings. The molecule has 3 rings (SSSR count). The van der Waals surface area contributed by atoms with Crippen LogP contribution in [-0.2, 0) is 21.2 Å². The fourth-order valence-corrected chi connectivity index (χ4v) is 4.92. The highest BCUT2D eigenvalue weighted by atomic mass is 32.2. The van der Waals surface area contributed by atoms with E-state index in [1.54, 1.807) is 7.11 Å². The van der Waals surface area contributed by atoms with E-state index in [0.29, 0.717) is 19.4 Å². The van der Waals surface area contributed by atoms with Crippen molar-refractivity contribution in [2.45, 2.75) is 29.9 Å². The topological polar surface area (TPSA) is 46.6 Å². The van der Waals surface area contributed by atoms with Crippen molar-refractivity contribution in [1.29, 1.82) is 0 Å². The Hall–Kier alpha value is -1.76. The summed E-state index contributed by atoms with van der Waals surface area (Å²) >= 11 is 0. The van der Waals surface area contributed by atoms with Gasteiger partial charge in [-0.3, -0.25) is 0 Å². The van der Waals surface area contributed by atoms with Crippen LogP contribution in [0, 0.1) is 5.82 Å². The molecule has 0 aromatic heterocycles. The van der Waals surface area contributed by atoms with Crippen LogP contribution in [0.3, 0.4) is 0 Å². The van der Waals surface area contributed by atoms with E-state index in [2.05, 4.69) is 0 Å². The summed E-state index contributed by atoms with van der Waals surface area (Å²) in [5.41, 5.74) is 1.05. The molecule has 24 heavy (non-hydrogen) atoms. The van der Waals surface area contributed by atoms with E-state index >= 15 is 0 Å². The van der Waals surface area contributed by atoms with E-state index in [0.717, 1.165) is 11.6 Å². The van der Waals surface area contributed by atoms with Crippen LogP contribution < -0.4 is 0 Å². The van der Waals surface area contributed by atoms with Crippen molar-refractivity contribution in [2.75, 3.05) is 13.7 Å². The molecular weight excluding hydrogens is 329 g/mol. The first-order valence-electron chi connectivity index (χ1n) is 7.86. The first kappa shape index (κ1) is 17.1. The highest BCUT2D eigenvalue weighted by Gasteiger charge is 2.41. The first-order chi connectivity index (χ1) is 11.5. The molecule has 128 valence electrons. The maximum absolute atomic E-state index is 13.5. The lowest BCUT2D eigenvalue weighted by Gasteiger charge is -2.27. The van der Waals surface area contributed by atoms with Crippen LogP contribution in [0.4, 0.5) is 4.39 Å². The molecule has 2 aromatic carbocycles. The third-order valence-corrected chi connectivity index (χ3v) is 6.35. The van der Waals surface area contributed by atoms with E-state index in [1.165, 1.54) is 22.5 Å². The Labute approximate surface area is 141 Å². The number of nitrogens with zero attached hydrogens (tertiary/aromatic N) is 1. The summed E-state index contributed by atoms with van der Waals surface area (Å²) in [6.45, 7) is 0.370. The molecule has 0 radical (unpaired) electrons. The van der Waals surface area contributed by atoms with Gasteiger partial charge in [0.1, 0.15) is 5.82 Å². The zero-order valence-electron chi connectivity index (χ0n) is 13.4. The van der Waals surface area contributed by atoms with Crippen LogP contribution in [-0.4, -0.2) is 38.5 Å². The van der Waals surface area contributed by atoms with Gasteiger partial charge in [-0.1, -0.05) is 36.4 Å². The molecule has 2 atom stereocenters. The maximum Gasteiger partial charge on any atom is 0.243 e. The number of sulfonamides is 1. The van der Waals surface area contributed by atoms with Gasteiger partial charge in [0.05, 0.1) is 17.0 Å². The zero-order valence-corrected chi connectivity index (χ0v) is 14.2. The highest BCUT2D eigenvalue weighted by Crippen LogP contribution is 2.30. The van der Waals surface area contributed by atoms with Gasteiger partial charge in [0.15, 0.2) is 0 Å². The molecule has 1 saturated heterocycles. The Kier molecular flexibility index (Phi) is 4.99. The fraction of sp³-hybridized carbons (Fsp3) is 0.333. The Morgan fingerprint density at radius 3 is 2.58 bits per heavy atom. The third-order valence-electron chi connectivity index (χ3n) is 4.43. The van der Waals surface area contributed by atoms with E-state index in [1.807, 2.05) is 30.3 Å². The van der Waals surface area contributed by atoms with Crippen molar-refractivity contribution in [1.82, 2.24) is 4.31 Å². The van der Waals surface area contributed by atoms with Gasteiger partial charge in [-0.05, 0) is 36.6 Å². The molecular formula is C18H20FNO3S. The number of benzene rings is 2. The minimum absolute atomic E-state index is 0.0164. The Balaban J connectivity index is 1.93. The smallest absolute Gasteiger partial charge is 0.243 e. The predicted molar refractivity (Wildman–Crippen MR) is 89.6 cm³/mol. The van der Waals surface area contributed by atoms with Crippen LogP contribution in [0.2, 0.25) is 0 Å². The summed E-state index contributed by atoms with van der Waals surface area (Å²) < 4.78 is 46.3. The second-order valence-electron chi connectivity index (χ2n) is 5.89. The molecule has 0 bridgehead atoms. The quantitative estimate of drug-likeness (QED) is 0.834. The SMILES string of the molecule is CO[C@@H]1CCN(S(=O)(=O)c2cccc(F)c2)[C@H]1Cc1ccccc1. The molecule has 0 amide bonds. The number of halogens is 1. The largest absolute Gasteiger partial charge is 0.380 e. The zero-order chi connectivity index (χ0) is 17.2. The van der Waals surface area contributed by atoms with E-state index in [9.17, 15) is 12.8 Å². The molecule has 1 fully saturated rings. The summed E-state index contributed by atoms with van der Waals surface area (Å²) in [5.74, 6) is -0.557. The molecule has 1 heterocycles. The van der Waals surface area contributed by atoms with Gasteiger partial charge in [-0.25, -0.2) is 12.8 Å². The highest BCUT2D eigenvalue weighted by molar-refractivity contribution is 7.89. The maximum atomic E-state index is 13.5. The van der Waals surface area contributed by atoms with Gasteiger partial charge in [0.2, 0.25) is 10.0 Å². The average molecular weight is 349 g/mol. The van der Waals surface area contributed by atoms with Gasteiger partial charge in [-0.2, -0.15) is 4.31 Å². The summed E-state index contributed by atoms with van der Waals surface area (Å²) in [5, 5.41) is 0. The number of hydrogen-bond donors (Lipinski definition) is 0. The van der Waals surface area contributed by atoms with Crippen molar-refractivity contribution in [3.05, 3.63) is 66.0 Å². The van der Waals surface area contributed by atoms with E-state index in [-0.39, 0.29) is 17.0 Å². The van der Waals surface area contributed by atoms with Crippen molar-refractivity contribution < 1.29 is 17.5 Å². The predicted octanol–water partition coefficient (Wildman–Crippen LogP) is 2.85. The number of methoxy groups -OCH3 is 1. The van der Waals surface area contributed by atoms with E-state index < -0.39 is 15.8 Å². The first-order valence-corrected chi connectivity index (χ1v) is 9.30. The van der Waals surface area contributed by atoms with Crippen molar-refractivity contribution in [3.8, 4) is 0 Å². The normalized spacial score (nSPS) is 21.9. The average Bonchev–Trinajstić information content (AvgIpc) is 2.99. The Bertz CT molecular complexity index is 795. The van der Waals surface area contributed by atoms with Crippen LogP contribution in [0.25, 0.3) is 0 Å². The monoisotopic (exact) mass is 349 g/mol. The van der Waals surface area contributed by atoms with Gasteiger partial charge in [0, 0.05) is 13.7 Å². The minimum Gasteiger partial charge on any atom is -0.380 e. The van der Waals surface area contributed by atoms with Crippen molar-refractivity contribution in [3.63, 3.8) is 0 Å². The third kappa shape index (κ3) is 3.36. The molecule has 0 N–H and O–H groups in total. The lowest BCUT2D eigenvalue weighted by Crippen LogP contribution is -2.41. The van der Waals surface area contributed by atoms with Gasteiger partial charge >= 0.3 is 0 Å². The summed E-state index contributed by atoms with van der Waals surface area (Å²) in [7, 11) is -2.16. The van der Waals surface area contributed by atoms with Crippen LogP contribution >= 0.6 is 0 Å². The summed E-state index contributed by atoms with van der Waals surface area (Å²) in [4.78, 5) is -0.0164. The van der Waals surface area contributed by atoms with Gasteiger partial charge in [-0.15, -0.1) is 0 Å². The number of hydrogen-bond acceptors (Lipinski definition) is 3. The minimum atomic E-state index is -3.76. The number of ether oxygens (including phenoxy) is 1. The van der Waals surface area contributed by atoms with Crippen LogP contribution in [0.15, 0.2) is 59.5 Å². The van der Waals surface area contributed by atoms with Crippen LogP contribution in [0.1, 0.15) is 12.0 Å². The molecule has 0 spiro atoms. The Morgan fingerprint density at radius 1 is 1.17 bits per heavy atom. The van der Waals surface area contributed by atoms with Crippen molar-refractivity contribution in [2.24, 2.45) is 0 Å². The van der Waals surface area contributed by atoms with Crippen LogP contribution in [0.5, 0.6) is 0 Å². The molecule has 0 unspecified atom stereocenters. The fourth-order valence-electron chi connectivity index (χ4n) is 3.22. The second-order valence-corrected chi connectivity index (χ2v) is 7.78. The van der Waals surface area contributed by atoms with Gasteiger partial charge in [0.25, 0.3) is 0 Å². The van der Waals surface area contributed by atoms with Gasteiger partial charge < -0.3 is 4.74 Å². The molecule has 0 aliphatic carbocycles. The molecule has 0 saturated carbocycles. The molecule has 2 aromatic rings. The lowest BCUT2D eigenvalue weighted by atomic mass is 10.0. The standard InChI is InChI=1S/C18H20FNO3S/c1-23-18-10-11-20(17(18)12-14-6-3-2-4-7-14)24(21,22)16-9-5-8-15(19)13-16/h2-9,13,17-18H,10-12H2,1H3/t17-,18+/m0/s1. The molecule has 4 nitrogen and oxygen atoms in total. The van der Waals surface area contributed by atoms with E-state index in [4.69, 9.17) is 4.74 Å². The Morgan fingerprint density at radius 2 is 1.92 bits per heavy atom. The second kappa shape index (κ2) is 7.01. The van der Waals surface area contributed by atoms with Crippen molar-refractivity contribution >= 4 is 10.0 Å². The molecule has 6 heteroatoms. The molecule has 1 aliphatic heterocycles.